The van der Waals surface area contributed by atoms with E-state index < -0.39 is 73.0 Å². The number of hydrogen-bond acceptors (Lipinski definition) is 9. The van der Waals surface area contributed by atoms with E-state index in [2.05, 4.69) is 20.6 Å². The summed E-state index contributed by atoms with van der Waals surface area (Å²) in [6.45, 7) is 0.325. The van der Waals surface area contributed by atoms with E-state index >= 15 is 0 Å². The van der Waals surface area contributed by atoms with Crippen LogP contribution in [0, 0.1) is 0 Å². The topological polar surface area (TPSA) is 257 Å². The van der Waals surface area contributed by atoms with E-state index in [1.807, 2.05) is 5.32 Å². The maximum absolute atomic E-state index is 12.7. The molecule has 15 nitrogen and oxygen atoms in total. The van der Waals surface area contributed by atoms with Crippen LogP contribution in [0.3, 0.4) is 0 Å². The molecule has 0 bridgehead atoms. The number of nitrogens with two attached hydrogens (primary N) is 1. The summed E-state index contributed by atoms with van der Waals surface area (Å²) in [6.07, 6.45) is 0.431. The number of nitrogens with one attached hydrogen (secondary N) is 4. The van der Waals surface area contributed by atoms with Gasteiger partial charge in [-0.05, 0) is 6.92 Å². The number of amides is 3. The number of rotatable bonds is 13. The molecule has 0 aliphatic rings. The number of carboxylic acid groups (broad SMARTS) is 2. The number of carbonyl (C=O) groups excluding carboxylic acids is 3. The van der Waals surface area contributed by atoms with Crippen LogP contribution < -0.4 is 21.7 Å². The fraction of sp³-hybridized carbons (Fsp3) is 0.529. The first-order valence-corrected chi connectivity index (χ1v) is 9.33. The molecule has 178 valence electrons. The number of aromatic amines is 1. The maximum Gasteiger partial charge on any atom is 0.326 e. The van der Waals surface area contributed by atoms with Crippen LogP contribution in [0.25, 0.3) is 0 Å². The molecule has 1 aromatic heterocycles. The lowest BCUT2D eigenvalue weighted by Crippen LogP contribution is -2.59. The number of nitrogens with zero attached hydrogens (tertiary/aromatic N) is 1. The van der Waals surface area contributed by atoms with E-state index in [1.54, 1.807) is 0 Å². The Morgan fingerprint density at radius 2 is 1.59 bits per heavy atom. The Morgan fingerprint density at radius 1 is 1.03 bits per heavy atom. The third-order valence-corrected chi connectivity index (χ3v) is 4.24. The number of aliphatic hydroxyl groups is 2. The molecule has 0 aliphatic carbocycles. The Hall–Kier alpha value is -3.56. The van der Waals surface area contributed by atoms with Gasteiger partial charge in [0, 0.05) is 18.3 Å². The number of carboxylic acids is 2. The first kappa shape index (κ1) is 26.5. The number of aromatic nitrogens is 2. The minimum Gasteiger partial charge on any atom is -0.481 e. The van der Waals surface area contributed by atoms with Crippen LogP contribution >= 0.6 is 0 Å². The van der Waals surface area contributed by atoms with Crippen molar-refractivity contribution < 1.29 is 44.4 Å². The van der Waals surface area contributed by atoms with Crippen molar-refractivity contribution in [2.24, 2.45) is 5.73 Å². The van der Waals surface area contributed by atoms with Crippen LogP contribution in [-0.2, 0) is 30.4 Å². The zero-order valence-electron chi connectivity index (χ0n) is 17.0. The highest BCUT2D eigenvalue weighted by Gasteiger charge is 2.31. The average Bonchev–Trinajstić information content (AvgIpc) is 3.22. The highest BCUT2D eigenvalue weighted by molar-refractivity contribution is 5.94. The maximum atomic E-state index is 12.7. The standard InChI is InChI=1S/C17H26N6O9/c1-7(25)13(18)16(30)21-9(2-8-4-19-6-20-8)14(28)23-11(5-24)15(29)22-10(17(31)32)3-12(26)27/h4,6-7,9-11,13,24-25H,2-3,5,18H2,1H3,(H,19,20)(H,21,30)(H,22,29)(H,23,28)(H,26,27)(H,31,32). The summed E-state index contributed by atoms with van der Waals surface area (Å²) in [5, 5.41) is 43.1. The second-order valence-corrected chi connectivity index (χ2v) is 6.85. The van der Waals surface area contributed by atoms with Crippen molar-refractivity contribution in [3.8, 4) is 0 Å². The van der Waals surface area contributed by atoms with Crippen LogP contribution in [0.1, 0.15) is 19.0 Å². The summed E-state index contributed by atoms with van der Waals surface area (Å²) in [5.41, 5.74) is 5.98. The van der Waals surface area contributed by atoms with Crippen molar-refractivity contribution in [3.63, 3.8) is 0 Å². The first-order chi connectivity index (χ1) is 15.0. The average molecular weight is 458 g/mol. The highest BCUT2D eigenvalue weighted by Crippen LogP contribution is 2.02. The predicted molar refractivity (Wildman–Crippen MR) is 105 cm³/mol. The van der Waals surface area contributed by atoms with E-state index in [0.717, 1.165) is 0 Å². The van der Waals surface area contributed by atoms with Crippen LogP contribution in [0.2, 0.25) is 0 Å². The van der Waals surface area contributed by atoms with Gasteiger partial charge in [-0.3, -0.25) is 19.2 Å². The van der Waals surface area contributed by atoms with Crippen molar-refractivity contribution in [3.05, 3.63) is 18.2 Å². The van der Waals surface area contributed by atoms with Gasteiger partial charge < -0.3 is 47.1 Å². The number of aliphatic hydroxyl groups excluding tert-OH is 2. The van der Waals surface area contributed by atoms with Gasteiger partial charge >= 0.3 is 11.9 Å². The number of carbonyl (C=O) groups is 5. The summed E-state index contributed by atoms with van der Waals surface area (Å²) in [7, 11) is 0. The third kappa shape index (κ3) is 8.29. The molecule has 1 heterocycles. The summed E-state index contributed by atoms with van der Waals surface area (Å²) in [5.74, 6) is -6.07. The molecule has 3 amide bonds. The normalized spacial score (nSPS) is 15.5. The fourth-order valence-corrected chi connectivity index (χ4v) is 2.43. The van der Waals surface area contributed by atoms with Gasteiger partial charge in [-0.1, -0.05) is 0 Å². The summed E-state index contributed by atoms with van der Waals surface area (Å²) >= 11 is 0. The Balaban J connectivity index is 2.94. The molecule has 32 heavy (non-hydrogen) atoms. The van der Waals surface area contributed by atoms with E-state index in [-0.39, 0.29) is 6.42 Å². The Bertz CT molecular complexity index is 813. The molecule has 0 radical (unpaired) electrons. The first-order valence-electron chi connectivity index (χ1n) is 9.33. The van der Waals surface area contributed by atoms with Gasteiger partial charge in [0.1, 0.15) is 24.2 Å². The Labute approximate surface area is 181 Å². The van der Waals surface area contributed by atoms with E-state index in [1.165, 1.54) is 19.4 Å². The van der Waals surface area contributed by atoms with Crippen molar-refractivity contribution in [1.82, 2.24) is 25.9 Å². The van der Waals surface area contributed by atoms with Gasteiger partial charge in [-0.15, -0.1) is 0 Å². The minimum atomic E-state index is -1.80. The monoisotopic (exact) mass is 458 g/mol. The number of aliphatic carboxylic acids is 2. The molecule has 1 aromatic rings. The summed E-state index contributed by atoms with van der Waals surface area (Å²) < 4.78 is 0. The molecule has 15 heteroatoms. The lowest BCUT2D eigenvalue weighted by Gasteiger charge is -2.24. The Kier molecular flexibility index (Phi) is 10.2. The minimum absolute atomic E-state index is 0.124. The molecule has 1 rings (SSSR count). The second kappa shape index (κ2) is 12.3. The van der Waals surface area contributed by atoms with Gasteiger partial charge in [0.25, 0.3) is 0 Å². The summed E-state index contributed by atoms with van der Waals surface area (Å²) in [6, 6.07) is -6.11. The van der Waals surface area contributed by atoms with Crippen molar-refractivity contribution in [2.45, 2.75) is 50.0 Å². The predicted octanol–water partition coefficient (Wildman–Crippen LogP) is -4.33. The molecule has 0 spiro atoms. The molecule has 0 fully saturated rings. The molecular weight excluding hydrogens is 432 g/mol. The van der Waals surface area contributed by atoms with Crippen LogP contribution in [0.5, 0.6) is 0 Å². The van der Waals surface area contributed by atoms with Crippen LogP contribution in [-0.4, -0.2) is 96.9 Å². The smallest absolute Gasteiger partial charge is 0.326 e. The van der Waals surface area contributed by atoms with Gasteiger partial charge in [0.15, 0.2) is 0 Å². The molecule has 5 atom stereocenters. The quantitative estimate of drug-likeness (QED) is 0.136. The van der Waals surface area contributed by atoms with Crippen LogP contribution in [0.4, 0.5) is 0 Å². The molecule has 0 aromatic carbocycles. The number of imidazole rings is 1. The second-order valence-electron chi connectivity index (χ2n) is 6.85. The summed E-state index contributed by atoms with van der Waals surface area (Å²) in [4.78, 5) is 65.5. The Morgan fingerprint density at radius 3 is 2.06 bits per heavy atom. The largest absolute Gasteiger partial charge is 0.481 e. The van der Waals surface area contributed by atoms with Gasteiger partial charge in [-0.25, -0.2) is 9.78 Å². The molecule has 0 aliphatic heterocycles. The number of hydrogen-bond donors (Lipinski definition) is 9. The van der Waals surface area contributed by atoms with E-state index in [4.69, 9.17) is 15.9 Å². The lowest BCUT2D eigenvalue weighted by molar-refractivity contribution is -0.147. The zero-order chi connectivity index (χ0) is 24.4. The van der Waals surface area contributed by atoms with Crippen LogP contribution in [0.15, 0.2) is 12.5 Å². The van der Waals surface area contributed by atoms with E-state index in [0.29, 0.717) is 5.69 Å². The highest BCUT2D eigenvalue weighted by atomic mass is 16.4. The molecule has 10 N–H and O–H groups in total. The van der Waals surface area contributed by atoms with Crippen molar-refractivity contribution >= 4 is 29.7 Å². The van der Waals surface area contributed by atoms with Gasteiger partial charge in [0.05, 0.1) is 25.5 Å². The zero-order valence-corrected chi connectivity index (χ0v) is 17.0. The molecule has 0 saturated carbocycles. The number of H-pyrrole nitrogens is 1. The van der Waals surface area contributed by atoms with Gasteiger partial charge in [0.2, 0.25) is 17.7 Å². The van der Waals surface area contributed by atoms with Gasteiger partial charge in [-0.2, -0.15) is 0 Å². The molecular formula is C17H26N6O9. The van der Waals surface area contributed by atoms with Crippen molar-refractivity contribution in [1.29, 1.82) is 0 Å². The SMILES string of the molecule is CC(O)C(N)C(=O)NC(Cc1cnc[nH]1)C(=O)NC(CO)C(=O)NC(CC(=O)O)C(=O)O. The third-order valence-electron chi connectivity index (χ3n) is 4.24. The fourth-order valence-electron chi connectivity index (χ4n) is 2.43. The molecule has 0 saturated heterocycles. The molecule has 5 unspecified atom stereocenters. The lowest BCUT2D eigenvalue weighted by atomic mass is 10.1. The van der Waals surface area contributed by atoms with Crippen molar-refractivity contribution in [2.75, 3.05) is 6.61 Å². The van der Waals surface area contributed by atoms with E-state index in [9.17, 15) is 34.2 Å².